The summed E-state index contributed by atoms with van der Waals surface area (Å²) in [6, 6.07) is 13.2. The standard InChI is InChI=1S/C22H26FN3O2S/c1-5-15(2)19-8-12-21(13-9-19)29(27,28)25-22-16(3)24-26(17(22)4)14-18-6-10-20(23)11-7-18/h6-13,15,25H,5,14H2,1-4H3. The number of anilines is 1. The van der Waals surface area contributed by atoms with Gasteiger partial charge in [-0.2, -0.15) is 5.10 Å². The van der Waals surface area contributed by atoms with Gasteiger partial charge in [0.1, 0.15) is 5.82 Å². The van der Waals surface area contributed by atoms with E-state index in [1.807, 2.05) is 19.1 Å². The van der Waals surface area contributed by atoms with E-state index in [0.29, 0.717) is 29.5 Å². The first-order chi connectivity index (χ1) is 13.7. The molecule has 0 saturated heterocycles. The predicted octanol–water partition coefficient (Wildman–Crippen LogP) is 5.00. The lowest BCUT2D eigenvalue weighted by molar-refractivity contribution is 0.601. The Hall–Kier alpha value is -2.67. The third-order valence-corrected chi connectivity index (χ3v) is 6.60. The van der Waals surface area contributed by atoms with Crippen molar-refractivity contribution in [3.63, 3.8) is 0 Å². The molecule has 1 unspecified atom stereocenters. The van der Waals surface area contributed by atoms with E-state index in [2.05, 4.69) is 23.7 Å². The van der Waals surface area contributed by atoms with E-state index in [4.69, 9.17) is 0 Å². The van der Waals surface area contributed by atoms with Crippen molar-refractivity contribution in [2.24, 2.45) is 0 Å². The molecule has 1 heterocycles. The summed E-state index contributed by atoms with van der Waals surface area (Å²) < 4.78 is 43.2. The molecule has 1 N–H and O–H groups in total. The Morgan fingerprint density at radius 3 is 2.28 bits per heavy atom. The summed E-state index contributed by atoms with van der Waals surface area (Å²) in [7, 11) is -3.73. The van der Waals surface area contributed by atoms with E-state index < -0.39 is 10.0 Å². The van der Waals surface area contributed by atoms with E-state index in [1.165, 1.54) is 12.1 Å². The van der Waals surface area contributed by atoms with Gasteiger partial charge in [0, 0.05) is 0 Å². The molecule has 0 radical (unpaired) electrons. The van der Waals surface area contributed by atoms with Crippen LogP contribution in [0.1, 0.15) is 48.7 Å². The minimum Gasteiger partial charge on any atom is -0.276 e. The number of sulfonamides is 1. The van der Waals surface area contributed by atoms with E-state index in [1.54, 1.807) is 35.9 Å². The first-order valence-electron chi connectivity index (χ1n) is 9.62. The lowest BCUT2D eigenvalue weighted by Crippen LogP contribution is -2.14. The number of benzene rings is 2. The van der Waals surface area contributed by atoms with Crippen LogP contribution >= 0.6 is 0 Å². The van der Waals surface area contributed by atoms with Gasteiger partial charge in [-0.1, -0.05) is 38.1 Å². The highest BCUT2D eigenvalue weighted by Gasteiger charge is 2.20. The van der Waals surface area contributed by atoms with Crippen molar-refractivity contribution in [1.82, 2.24) is 9.78 Å². The van der Waals surface area contributed by atoms with E-state index in [0.717, 1.165) is 17.5 Å². The van der Waals surface area contributed by atoms with Crippen LogP contribution in [-0.4, -0.2) is 18.2 Å². The molecule has 154 valence electrons. The zero-order valence-electron chi connectivity index (χ0n) is 17.1. The number of nitrogens with zero attached hydrogens (tertiary/aromatic N) is 2. The van der Waals surface area contributed by atoms with Crippen molar-refractivity contribution in [2.45, 2.75) is 51.5 Å². The van der Waals surface area contributed by atoms with Gasteiger partial charge in [0.25, 0.3) is 10.0 Å². The number of hydrogen-bond donors (Lipinski definition) is 1. The minimum absolute atomic E-state index is 0.217. The molecule has 3 aromatic rings. The molecular weight excluding hydrogens is 389 g/mol. The fraction of sp³-hybridized carbons (Fsp3) is 0.318. The van der Waals surface area contributed by atoms with Crippen LogP contribution < -0.4 is 4.72 Å². The number of nitrogens with one attached hydrogen (secondary N) is 1. The van der Waals surface area contributed by atoms with E-state index in [-0.39, 0.29) is 10.7 Å². The van der Waals surface area contributed by atoms with Crippen molar-refractivity contribution >= 4 is 15.7 Å². The molecule has 0 spiro atoms. The zero-order chi connectivity index (χ0) is 21.2. The van der Waals surface area contributed by atoms with Crippen LogP contribution in [0.25, 0.3) is 0 Å². The summed E-state index contributed by atoms with van der Waals surface area (Å²) in [5.41, 5.74) is 3.76. The van der Waals surface area contributed by atoms with Crippen LogP contribution in [0, 0.1) is 19.7 Å². The molecule has 0 aliphatic rings. The zero-order valence-corrected chi connectivity index (χ0v) is 17.9. The molecule has 1 atom stereocenters. The molecule has 7 heteroatoms. The number of hydrogen-bond acceptors (Lipinski definition) is 3. The van der Waals surface area contributed by atoms with Gasteiger partial charge in [-0.05, 0) is 61.6 Å². The van der Waals surface area contributed by atoms with Crippen molar-refractivity contribution in [3.05, 3.63) is 76.9 Å². The van der Waals surface area contributed by atoms with Crippen molar-refractivity contribution < 1.29 is 12.8 Å². The summed E-state index contributed by atoms with van der Waals surface area (Å²) in [5, 5.41) is 4.45. The van der Waals surface area contributed by atoms with Gasteiger partial charge < -0.3 is 0 Å². The smallest absolute Gasteiger partial charge is 0.262 e. The average Bonchev–Trinajstić information content (AvgIpc) is 2.96. The Morgan fingerprint density at radius 1 is 1.07 bits per heavy atom. The normalized spacial score (nSPS) is 12.7. The number of halogens is 1. The summed E-state index contributed by atoms with van der Waals surface area (Å²) in [4.78, 5) is 0.217. The highest BCUT2D eigenvalue weighted by molar-refractivity contribution is 7.92. The Balaban J connectivity index is 1.83. The number of aryl methyl sites for hydroxylation is 1. The highest BCUT2D eigenvalue weighted by Crippen LogP contribution is 2.25. The molecule has 0 aliphatic heterocycles. The average molecular weight is 416 g/mol. The monoisotopic (exact) mass is 415 g/mol. The molecule has 29 heavy (non-hydrogen) atoms. The second-order valence-electron chi connectivity index (χ2n) is 7.31. The molecule has 1 aromatic heterocycles. The molecule has 2 aromatic carbocycles. The Labute approximate surface area is 171 Å². The molecule has 0 aliphatic carbocycles. The summed E-state index contributed by atoms with van der Waals surface area (Å²) in [5.74, 6) is 0.0869. The van der Waals surface area contributed by atoms with Crippen molar-refractivity contribution in [2.75, 3.05) is 4.72 Å². The van der Waals surface area contributed by atoms with Gasteiger partial charge in [0.15, 0.2) is 0 Å². The van der Waals surface area contributed by atoms with Crippen molar-refractivity contribution in [1.29, 1.82) is 0 Å². The van der Waals surface area contributed by atoms with E-state index in [9.17, 15) is 12.8 Å². The third-order valence-electron chi connectivity index (χ3n) is 5.24. The van der Waals surface area contributed by atoms with E-state index >= 15 is 0 Å². The molecule has 5 nitrogen and oxygen atoms in total. The SMILES string of the molecule is CCC(C)c1ccc(S(=O)(=O)Nc2c(C)nn(Cc3ccc(F)cc3)c2C)cc1. The van der Waals surface area contributed by atoms with Crippen LogP contribution in [0.4, 0.5) is 10.1 Å². The van der Waals surface area contributed by atoms with Crippen LogP contribution in [0.3, 0.4) is 0 Å². The molecule has 0 bridgehead atoms. The lowest BCUT2D eigenvalue weighted by Gasteiger charge is -2.12. The van der Waals surface area contributed by atoms with Gasteiger partial charge in [-0.25, -0.2) is 12.8 Å². The quantitative estimate of drug-likeness (QED) is 0.590. The summed E-state index contributed by atoms with van der Waals surface area (Å²) in [6.45, 7) is 8.22. The Morgan fingerprint density at radius 2 is 1.69 bits per heavy atom. The van der Waals surface area contributed by atoms with Crippen molar-refractivity contribution in [3.8, 4) is 0 Å². The predicted molar refractivity (Wildman–Crippen MR) is 113 cm³/mol. The first kappa shape index (κ1) is 21.0. The Bertz CT molecular complexity index is 1090. The van der Waals surface area contributed by atoms with Crippen LogP contribution in [0.2, 0.25) is 0 Å². The maximum atomic E-state index is 13.1. The molecule has 3 rings (SSSR count). The van der Waals surface area contributed by atoms with Gasteiger partial charge in [0.05, 0.1) is 28.5 Å². The van der Waals surface area contributed by atoms with Crippen LogP contribution in [0.15, 0.2) is 53.4 Å². The number of rotatable bonds is 7. The molecule has 0 saturated carbocycles. The van der Waals surface area contributed by atoms with Gasteiger partial charge in [0.2, 0.25) is 0 Å². The fourth-order valence-electron chi connectivity index (χ4n) is 3.17. The second-order valence-corrected chi connectivity index (χ2v) is 9.00. The largest absolute Gasteiger partial charge is 0.276 e. The number of aromatic nitrogens is 2. The van der Waals surface area contributed by atoms with Gasteiger partial charge in [-0.3, -0.25) is 9.40 Å². The van der Waals surface area contributed by atoms with Crippen LogP contribution in [0.5, 0.6) is 0 Å². The summed E-state index contributed by atoms with van der Waals surface area (Å²) >= 11 is 0. The maximum absolute atomic E-state index is 13.1. The molecule has 0 fully saturated rings. The summed E-state index contributed by atoms with van der Waals surface area (Å²) in [6.07, 6.45) is 0.996. The fourth-order valence-corrected chi connectivity index (χ4v) is 4.34. The van der Waals surface area contributed by atoms with Crippen LogP contribution in [-0.2, 0) is 16.6 Å². The van der Waals surface area contributed by atoms with Gasteiger partial charge >= 0.3 is 0 Å². The topological polar surface area (TPSA) is 64.0 Å². The first-order valence-corrected chi connectivity index (χ1v) is 11.1. The lowest BCUT2D eigenvalue weighted by atomic mass is 9.99. The third kappa shape index (κ3) is 4.67. The Kier molecular flexibility index (Phi) is 6.07. The van der Waals surface area contributed by atoms with Gasteiger partial charge in [-0.15, -0.1) is 0 Å². The minimum atomic E-state index is -3.73. The maximum Gasteiger partial charge on any atom is 0.262 e. The molecular formula is C22H26FN3O2S. The second kappa shape index (κ2) is 8.37. The highest BCUT2D eigenvalue weighted by atomic mass is 32.2. The molecule has 0 amide bonds.